The van der Waals surface area contributed by atoms with E-state index in [-0.39, 0.29) is 11.8 Å². The Labute approximate surface area is 121 Å². The first-order chi connectivity index (χ1) is 9.66. The number of nitrogens with one attached hydrogen (secondary N) is 1. The molecule has 0 saturated carbocycles. The van der Waals surface area contributed by atoms with Crippen molar-refractivity contribution in [3.63, 3.8) is 0 Å². The van der Waals surface area contributed by atoms with E-state index in [0.717, 1.165) is 24.8 Å². The zero-order valence-electron chi connectivity index (χ0n) is 12.2. The van der Waals surface area contributed by atoms with Crippen molar-refractivity contribution in [1.29, 1.82) is 0 Å². The van der Waals surface area contributed by atoms with E-state index in [9.17, 15) is 4.79 Å². The molecule has 0 fully saturated rings. The first-order valence-corrected chi connectivity index (χ1v) is 7.23. The molecule has 0 bridgehead atoms. The Kier molecular flexibility index (Phi) is 5.36. The Morgan fingerprint density at radius 3 is 2.90 bits per heavy atom. The Morgan fingerprint density at radius 2 is 2.15 bits per heavy atom. The first-order valence-electron chi connectivity index (χ1n) is 7.23. The van der Waals surface area contributed by atoms with Gasteiger partial charge in [-0.15, -0.1) is 0 Å². The van der Waals surface area contributed by atoms with Crippen molar-refractivity contribution in [3.05, 3.63) is 47.5 Å². The number of aryl methyl sites for hydroxylation is 1. The van der Waals surface area contributed by atoms with Crippen LogP contribution in [0.5, 0.6) is 0 Å². The summed E-state index contributed by atoms with van der Waals surface area (Å²) in [5.41, 5.74) is 3.71. The third kappa shape index (κ3) is 4.20. The van der Waals surface area contributed by atoms with Crippen LogP contribution in [0, 0.1) is 5.92 Å². The predicted octanol–water partition coefficient (Wildman–Crippen LogP) is 2.50. The maximum atomic E-state index is 12.1. The maximum absolute atomic E-state index is 12.1. The number of rotatable bonds is 6. The topological polar surface area (TPSA) is 38.3 Å². The first kappa shape index (κ1) is 14.8. The lowest BCUT2D eigenvalue weighted by Gasteiger charge is -2.23. The summed E-state index contributed by atoms with van der Waals surface area (Å²) in [7, 11) is 0. The molecule has 1 amide bonds. The van der Waals surface area contributed by atoms with E-state index in [2.05, 4.69) is 30.1 Å². The van der Waals surface area contributed by atoms with E-state index in [0.29, 0.717) is 19.8 Å². The Hall–Kier alpha value is -1.61. The zero-order valence-corrected chi connectivity index (χ0v) is 12.2. The van der Waals surface area contributed by atoms with Crippen LogP contribution in [-0.4, -0.2) is 25.7 Å². The number of amides is 1. The van der Waals surface area contributed by atoms with Crippen LogP contribution in [0.2, 0.25) is 0 Å². The lowest BCUT2D eigenvalue weighted by molar-refractivity contribution is -0.125. The van der Waals surface area contributed by atoms with Crippen LogP contribution >= 0.6 is 0 Å². The van der Waals surface area contributed by atoms with Crippen molar-refractivity contribution >= 4 is 5.91 Å². The summed E-state index contributed by atoms with van der Waals surface area (Å²) < 4.78 is 5.37. The van der Waals surface area contributed by atoms with Gasteiger partial charge in [0.05, 0.1) is 13.2 Å². The summed E-state index contributed by atoms with van der Waals surface area (Å²) in [5, 5.41) is 2.96. The van der Waals surface area contributed by atoms with Gasteiger partial charge in [0.1, 0.15) is 0 Å². The molecule has 0 aromatic heterocycles. The smallest absolute Gasteiger partial charge is 0.223 e. The molecule has 0 spiro atoms. The van der Waals surface area contributed by atoms with E-state index in [1.807, 2.05) is 13.0 Å². The molecule has 0 heterocycles. The summed E-state index contributed by atoms with van der Waals surface area (Å²) in [6.07, 6.45) is 2.80. The largest absolute Gasteiger partial charge is 0.375 e. The molecular weight excluding hydrogens is 250 g/mol. The van der Waals surface area contributed by atoms with Gasteiger partial charge in [-0.25, -0.2) is 0 Å². The van der Waals surface area contributed by atoms with Gasteiger partial charge in [0, 0.05) is 12.5 Å². The maximum Gasteiger partial charge on any atom is 0.223 e. The van der Waals surface area contributed by atoms with Crippen LogP contribution in [0.25, 0.3) is 0 Å². The second-order valence-electron chi connectivity index (χ2n) is 5.51. The molecule has 108 valence electrons. The van der Waals surface area contributed by atoms with Crippen molar-refractivity contribution in [2.24, 2.45) is 5.92 Å². The lowest BCUT2D eigenvalue weighted by Crippen LogP contribution is -2.36. The molecule has 3 nitrogen and oxygen atoms in total. The standard InChI is InChI=1S/C17H23NO2/c1-13(2)12-20-10-9-18-17(19)16-8-7-14-5-3-4-6-15(14)11-16/h3-6,16H,1,7-12H2,2H3,(H,18,19). The lowest BCUT2D eigenvalue weighted by atomic mass is 9.83. The van der Waals surface area contributed by atoms with Crippen LogP contribution in [0.3, 0.4) is 0 Å². The minimum atomic E-state index is 0.103. The molecular formula is C17H23NO2. The fraction of sp³-hybridized carbons (Fsp3) is 0.471. The quantitative estimate of drug-likeness (QED) is 0.639. The van der Waals surface area contributed by atoms with Gasteiger partial charge in [-0.05, 0) is 37.3 Å². The number of hydrogen-bond donors (Lipinski definition) is 1. The van der Waals surface area contributed by atoms with Crippen molar-refractivity contribution in [1.82, 2.24) is 5.32 Å². The number of carbonyl (C=O) groups is 1. The van der Waals surface area contributed by atoms with Crippen LogP contribution in [0.15, 0.2) is 36.4 Å². The fourth-order valence-corrected chi connectivity index (χ4v) is 2.56. The summed E-state index contributed by atoms with van der Waals surface area (Å²) in [6, 6.07) is 8.41. The highest BCUT2D eigenvalue weighted by atomic mass is 16.5. The second-order valence-corrected chi connectivity index (χ2v) is 5.51. The Bertz CT molecular complexity index is 482. The number of hydrogen-bond acceptors (Lipinski definition) is 2. The number of ether oxygens (including phenoxy) is 1. The third-order valence-corrected chi connectivity index (χ3v) is 3.61. The molecule has 0 saturated heterocycles. The van der Waals surface area contributed by atoms with Gasteiger partial charge in [0.25, 0.3) is 0 Å². The Balaban J connectivity index is 1.73. The number of carbonyl (C=O) groups excluding carboxylic acids is 1. The summed E-state index contributed by atoms with van der Waals surface area (Å²) in [6.45, 7) is 7.38. The highest BCUT2D eigenvalue weighted by molar-refractivity contribution is 5.79. The molecule has 1 aliphatic rings. The van der Waals surface area contributed by atoms with E-state index in [1.165, 1.54) is 11.1 Å². The molecule has 20 heavy (non-hydrogen) atoms. The van der Waals surface area contributed by atoms with E-state index in [4.69, 9.17) is 4.74 Å². The minimum Gasteiger partial charge on any atom is -0.375 e. The van der Waals surface area contributed by atoms with Gasteiger partial charge in [-0.2, -0.15) is 0 Å². The fourth-order valence-electron chi connectivity index (χ4n) is 2.56. The SMILES string of the molecule is C=C(C)COCCNC(=O)C1CCc2ccccc2C1. The molecule has 0 radical (unpaired) electrons. The molecule has 1 N–H and O–H groups in total. The van der Waals surface area contributed by atoms with Gasteiger partial charge in [0.15, 0.2) is 0 Å². The highest BCUT2D eigenvalue weighted by Crippen LogP contribution is 2.25. The number of benzene rings is 1. The van der Waals surface area contributed by atoms with Gasteiger partial charge >= 0.3 is 0 Å². The van der Waals surface area contributed by atoms with Gasteiger partial charge < -0.3 is 10.1 Å². The third-order valence-electron chi connectivity index (χ3n) is 3.61. The molecule has 1 unspecified atom stereocenters. The van der Waals surface area contributed by atoms with Crippen molar-refractivity contribution in [2.45, 2.75) is 26.2 Å². The molecule has 1 aromatic carbocycles. The van der Waals surface area contributed by atoms with Gasteiger partial charge in [0.2, 0.25) is 5.91 Å². The van der Waals surface area contributed by atoms with Crippen molar-refractivity contribution < 1.29 is 9.53 Å². The van der Waals surface area contributed by atoms with Crippen LogP contribution in [0.4, 0.5) is 0 Å². The summed E-state index contributed by atoms with van der Waals surface area (Å²) >= 11 is 0. The van der Waals surface area contributed by atoms with Gasteiger partial charge in [-0.3, -0.25) is 4.79 Å². The Morgan fingerprint density at radius 1 is 1.40 bits per heavy atom. The molecule has 1 aromatic rings. The van der Waals surface area contributed by atoms with Gasteiger partial charge in [-0.1, -0.05) is 36.4 Å². The average Bonchev–Trinajstić information content (AvgIpc) is 2.46. The summed E-state index contributed by atoms with van der Waals surface area (Å²) in [4.78, 5) is 12.1. The van der Waals surface area contributed by atoms with Crippen LogP contribution < -0.4 is 5.32 Å². The highest BCUT2D eigenvalue weighted by Gasteiger charge is 2.23. The molecule has 1 atom stereocenters. The van der Waals surface area contributed by atoms with Crippen molar-refractivity contribution in [3.8, 4) is 0 Å². The average molecular weight is 273 g/mol. The molecule has 0 aliphatic heterocycles. The van der Waals surface area contributed by atoms with E-state index < -0.39 is 0 Å². The molecule has 1 aliphatic carbocycles. The van der Waals surface area contributed by atoms with Crippen molar-refractivity contribution in [2.75, 3.05) is 19.8 Å². The molecule has 3 heteroatoms. The monoisotopic (exact) mass is 273 g/mol. The van der Waals surface area contributed by atoms with Crippen LogP contribution in [0.1, 0.15) is 24.5 Å². The molecule has 2 rings (SSSR count). The van der Waals surface area contributed by atoms with Crippen LogP contribution in [-0.2, 0) is 22.4 Å². The van der Waals surface area contributed by atoms with E-state index in [1.54, 1.807) is 0 Å². The van der Waals surface area contributed by atoms with E-state index >= 15 is 0 Å². The second kappa shape index (κ2) is 7.25. The number of fused-ring (bicyclic) bond motifs is 1. The normalized spacial score (nSPS) is 17.4. The summed E-state index contributed by atoms with van der Waals surface area (Å²) in [5.74, 6) is 0.254. The zero-order chi connectivity index (χ0) is 14.4. The minimum absolute atomic E-state index is 0.103. The predicted molar refractivity (Wildman–Crippen MR) is 80.6 cm³/mol.